The maximum absolute atomic E-state index is 13.2. The van der Waals surface area contributed by atoms with Crippen molar-refractivity contribution in [3.8, 4) is 5.75 Å². The van der Waals surface area contributed by atoms with Crippen molar-refractivity contribution in [3.63, 3.8) is 0 Å². The van der Waals surface area contributed by atoms with Crippen molar-refractivity contribution in [2.45, 2.75) is 17.1 Å². The Kier molecular flexibility index (Phi) is 5.00. The lowest BCUT2D eigenvalue weighted by Crippen LogP contribution is -2.32. The van der Waals surface area contributed by atoms with Gasteiger partial charge in [-0.05, 0) is 49.4 Å². The second-order valence-electron chi connectivity index (χ2n) is 4.86. The first-order chi connectivity index (χ1) is 10.8. The molecule has 5 nitrogen and oxygen atoms in total. The monoisotopic (exact) mass is 337 g/mol. The van der Waals surface area contributed by atoms with E-state index in [1.807, 2.05) is 0 Å². The number of carbonyl (C=O) groups excluding carboxylic acids is 1. The number of benzene rings is 2. The number of sulfone groups is 1. The van der Waals surface area contributed by atoms with Crippen molar-refractivity contribution < 1.29 is 22.3 Å². The van der Waals surface area contributed by atoms with Crippen LogP contribution in [-0.4, -0.2) is 26.7 Å². The molecule has 2 rings (SSSR count). The number of hydrogen-bond acceptors (Lipinski definition) is 4. The van der Waals surface area contributed by atoms with Gasteiger partial charge < -0.3 is 10.1 Å². The van der Waals surface area contributed by atoms with Gasteiger partial charge in [0.1, 0.15) is 16.8 Å². The SMILES string of the molecule is COc1ccc(NC(=O)C(C)S(=O)(=O)c2cccc(F)c2)cc1. The third-order valence-corrected chi connectivity index (χ3v) is 5.37. The molecule has 0 heterocycles. The number of carbonyl (C=O) groups is 1. The van der Waals surface area contributed by atoms with Crippen LogP contribution in [0.5, 0.6) is 5.75 Å². The highest BCUT2D eigenvalue weighted by Crippen LogP contribution is 2.20. The average Bonchev–Trinajstić information content (AvgIpc) is 2.54. The van der Waals surface area contributed by atoms with Crippen LogP contribution in [0.25, 0.3) is 0 Å². The van der Waals surface area contributed by atoms with E-state index in [2.05, 4.69) is 5.32 Å². The number of anilines is 1. The number of ether oxygens (including phenoxy) is 1. The van der Waals surface area contributed by atoms with Gasteiger partial charge in [-0.1, -0.05) is 6.07 Å². The molecule has 2 aromatic carbocycles. The van der Waals surface area contributed by atoms with E-state index in [0.717, 1.165) is 12.1 Å². The first-order valence-corrected chi connectivity index (χ1v) is 8.33. The lowest BCUT2D eigenvalue weighted by atomic mass is 10.3. The summed E-state index contributed by atoms with van der Waals surface area (Å²) >= 11 is 0. The zero-order valence-corrected chi connectivity index (χ0v) is 13.4. The van der Waals surface area contributed by atoms with Crippen LogP contribution in [0, 0.1) is 5.82 Å². The molecule has 0 saturated carbocycles. The van der Waals surface area contributed by atoms with Gasteiger partial charge in [-0.2, -0.15) is 0 Å². The molecule has 0 bridgehead atoms. The standard InChI is InChI=1S/C16H16FNO4S/c1-11(23(20,21)15-5-3-4-12(17)10-15)16(19)18-13-6-8-14(22-2)9-7-13/h3-11H,1-2H3,(H,18,19). The Morgan fingerprint density at radius 2 is 1.83 bits per heavy atom. The van der Waals surface area contributed by atoms with Crippen LogP contribution in [-0.2, 0) is 14.6 Å². The number of nitrogens with one attached hydrogen (secondary N) is 1. The van der Waals surface area contributed by atoms with Crippen molar-refractivity contribution >= 4 is 21.4 Å². The number of halogens is 1. The van der Waals surface area contributed by atoms with Gasteiger partial charge in [0, 0.05) is 5.69 Å². The Labute approximate surface area is 134 Å². The molecule has 0 aliphatic heterocycles. The van der Waals surface area contributed by atoms with E-state index in [1.165, 1.54) is 26.2 Å². The smallest absolute Gasteiger partial charge is 0.242 e. The molecule has 1 unspecified atom stereocenters. The van der Waals surface area contributed by atoms with Gasteiger partial charge in [0.25, 0.3) is 0 Å². The summed E-state index contributed by atoms with van der Waals surface area (Å²) in [4.78, 5) is 11.9. The zero-order chi connectivity index (χ0) is 17.0. The molecule has 122 valence electrons. The van der Waals surface area contributed by atoms with E-state index in [4.69, 9.17) is 4.74 Å². The largest absolute Gasteiger partial charge is 0.497 e. The summed E-state index contributed by atoms with van der Waals surface area (Å²) in [5, 5.41) is 1.16. The van der Waals surface area contributed by atoms with Crippen LogP contribution < -0.4 is 10.1 Å². The lowest BCUT2D eigenvalue weighted by molar-refractivity contribution is -0.115. The molecular weight excluding hydrogens is 321 g/mol. The first-order valence-electron chi connectivity index (χ1n) is 6.79. The minimum Gasteiger partial charge on any atom is -0.497 e. The van der Waals surface area contributed by atoms with Crippen molar-refractivity contribution in [2.75, 3.05) is 12.4 Å². The van der Waals surface area contributed by atoms with Gasteiger partial charge in [-0.15, -0.1) is 0 Å². The van der Waals surface area contributed by atoms with Gasteiger partial charge in [-0.25, -0.2) is 12.8 Å². The zero-order valence-electron chi connectivity index (χ0n) is 12.6. The van der Waals surface area contributed by atoms with Crippen LogP contribution >= 0.6 is 0 Å². The van der Waals surface area contributed by atoms with Gasteiger partial charge in [0.05, 0.1) is 12.0 Å². The summed E-state index contributed by atoms with van der Waals surface area (Å²) in [5.74, 6) is -0.753. The second-order valence-corrected chi connectivity index (χ2v) is 7.13. The fourth-order valence-electron chi connectivity index (χ4n) is 1.91. The highest BCUT2D eigenvalue weighted by atomic mass is 32.2. The third-order valence-electron chi connectivity index (χ3n) is 3.32. The van der Waals surface area contributed by atoms with E-state index in [1.54, 1.807) is 24.3 Å². The topological polar surface area (TPSA) is 72.5 Å². The van der Waals surface area contributed by atoms with Crippen LogP contribution in [0.3, 0.4) is 0 Å². The maximum atomic E-state index is 13.2. The van der Waals surface area contributed by atoms with Crippen molar-refractivity contribution in [1.82, 2.24) is 0 Å². The van der Waals surface area contributed by atoms with Crippen LogP contribution in [0.1, 0.15) is 6.92 Å². The quantitative estimate of drug-likeness (QED) is 0.910. The average molecular weight is 337 g/mol. The molecule has 2 aromatic rings. The predicted octanol–water partition coefficient (Wildman–Crippen LogP) is 2.64. The summed E-state index contributed by atoms with van der Waals surface area (Å²) in [6.07, 6.45) is 0. The fraction of sp³-hybridized carbons (Fsp3) is 0.188. The molecular formula is C16H16FNO4S. The molecule has 0 saturated heterocycles. The summed E-state index contributed by atoms with van der Waals surface area (Å²) in [6, 6.07) is 11.1. The molecule has 0 aromatic heterocycles. The molecule has 0 spiro atoms. The minimum absolute atomic E-state index is 0.227. The number of rotatable bonds is 5. The highest BCUT2D eigenvalue weighted by molar-refractivity contribution is 7.92. The maximum Gasteiger partial charge on any atom is 0.242 e. The molecule has 1 amide bonds. The summed E-state index contributed by atoms with van der Waals surface area (Å²) < 4.78 is 42.9. The van der Waals surface area contributed by atoms with E-state index in [-0.39, 0.29) is 4.90 Å². The number of hydrogen-bond donors (Lipinski definition) is 1. The summed E-state index contributed by atoms with van der Waals surface area (Å²) in [7, 11) is -2.46. The van der Waals surface area contributed by atoms with E-state index < -0.39 is 26.8 Å². The molecule has 0 aliphatic rings. The van der Waals surface area contributed by atoms with Crippen LogP contribution in [0.15, 0.2) is 53.4 Å². The fourth-order valence-corrected chi connectivity index (χ4v) is 3.20. The molecule has 1 N–H and O–H groups in total. The molecule has 23 heavy (non-hydrogen) atoms. The summed E-state index contributed by atoms with van der Waals surface area (Å²) in [6.45, 7) is 1.26. The van der Waals surface area contributed by atoms with Crippen molar-refractivity contribution in [3.05, 3.63) is 54.3 Å². The Balaban J connectivity index is 2.17. The normalized spacial score (nSPS) is 12.5. The second kappa shape index (κ2) is 6.78. The molecule has 0 radical (unpaired) electrons. The molecule has 1 atom stereocenters. The van der Waals surface area contributed by atoms with E-state index >= 15 is 0 Å². The number of methoxy groups -OCH3 is 1. The van der Waals surface area contributed by atoms with Gasteiger partial charge >= 0.3 is 0 Å². The van der Waals surface area contributed by atoms with E-state index in [9.17, 15) is 17.6 Å². The third kappa shape index (κ3) is 3.87. The predicted molar refractivity (Wildman–Crippen MR) is 84.7 cm³/mol. The van der Waals surface area contributed by atoms with E-state index in [0.29, 0.717) is 11.4 Å². The Bertz CT molecular complexity index is 803. The van der Waals surface area contributed by atoms with Crippen molar-refractivity contribution in [2.24, 2.45) is 0 Å². The van der Waals surface area contributed by atoms with Gasteiger partial charge in [0.15, 0.2) is 9.84 Å². The molecule has 0 aliphatic carbocycles. The van der Waals surface area contributed by atoms with Gasteiger partial charge in [0.2, 0.25) is 5.91 Å². The molecule has 0 fully saturated rings. The Hall–Kier alpha value is -2.41. The van der Waals surface area contributed by atoms with Gasteiger partial charge in [-0.3, -0.25) is 4.79 Å². The number of amides is 1. The Morgan fingerprint density at radius 3 is 2.39 bits per heavy atom. The summed E-state index contributed by atoms with van der Waals surface area (Å²) in [5.41, 5.74) is 0.442. The first kappa shape index (κ1) is 17.0. The van der Waals surface area contributed by atoms with Crippen LogP contribution in [0.4, 0.5) is 10.1 Å². The highest BCUT2D eigenvalue weighted by Gasteiger charge is 2.30. The van der Waals surface area contributed by atoms with Crippen molar-refractivity contribution in [1.29, 1.82) is 0 Å². The molecule has 7 heteroatoms. The Morgan fingerprint density at radius 1 is 1.17 bits per heavy atom. The van der Waals surface area contributed by atoms with Crippen LogP contribution in [0.2, 0.25) is 0 Å². The lowest BCUT2D eigenvalue weighted by Gasteiger charge is -2.13. The minimum atomic E-state index is -3.97.